The van der Waals surface area contributed by atoms with Crippen molar-refractivity contribution in [1.82, 2.24) is 14.7 Å². The van der Waals surface area contributed by atoms with E-state index in [0.29, 0.717) is 76.1 Å². The molecule has 0 bridgehead atoms. The average molecular weight is 582 g/mol. The maximum atomic E-state index is 13.9. The van der Waals surface area contributed by atoms with Gasteiger partial charge in [0.05, 0.1) is 23.7 Å². The summed E-state index contributed by atoms with van der Waals surface area (Å²) in [4.78, 5) is 56.4. The summed E-state index contributed by atoms with van der Waals surface area (Å²) in [5, 5.41) is 22.4. The number of allylic oxidation sites excluding steroid dienone is 1. The number of cyclic esters (lactones) is 1. The Kier molecular flexibility index (Phi) is 7.18. The molecule has 11 nitrogen and oxygen atoms in total. The van der Waals surface area contributed by atoms with Crippen molar-refractivity contribution in [2.24, 2.45) is 16.7 Å². The second-order valence-electron chi connectivity index (χ2n) is 12.7. The molecule has 226 valence electrons. The molecule has 3 aliphatic carbocycles. The van der Waals surface area contributed by atoms with Gasteiger partial charge in [-0.3, -0.25) is 24.2 Å². The number of carbonyl (C=O) groups is 4. The predicted molar refractivity (Wildman–Crippen MR) is 150 cm³/mol. The van der Waals surface area contributed by atoms with Crippen LogP contribution in [0.3, 0.4) is 0 Å². The summed E-state index contributed by atoms with van der Waals surface area (Å²) >= 11 is 0. The fraction of sp³-hybridized carbons (Fsp3) is 0.613. The van der Waals surface area contributed by atoms with Crippen molar-refractivity contribution in [3.63, 3.8) is 0 Å². The third kappa shape index (κ3) is 4.27. The minimum atomic E-state index is -0.956. The molecule has 0 spiro atoms. The molecule has 0 unspecified atom stereocenters. The highest BCUT2D eigenvalue weighted by Gasteiger charge is 2.61. The van der Waals surface area contributed by atoms with Crippen LogP contribution in [0.25, 0.3) is 0 Å². The Balaban J connectivity index is 1.27. The highest BCUT2D eigenvalue weighted by molar-refractivity contribution is 6.13. The molecule has 3 fully saturated rings. The van der Waals surface area contributed by atoms with Crippen LogP contribution in [0.4, 0.5) is 0 Å². The van der Waals surface area contributed by atoms with E-state index in [1.807, 2.05) is 18.7 Å². The molecule has 3 heterocycles. The van der Waals surface area contributed by atoms with E-state index in [1.54, 1.807) is 6.20 Å². The van der Waals surface area contributed by atoms with E-state index in [0.717, 1.165) is 5.57 Å². The molecule has 0 aromatic rings. The number of hydrogen-bond donors (Lipinski definition) is 2. The summed E-state index contributed by atoms with van der Waals surface area (Å²) in [6.45, 7) is 7.38. The van der Waals surface area contributed by atoms with Crippen molar-refractivity contribution >= 4 is 23.6 Å². The minimum Gasteiger partial charge on any atom is -0.504 e. The Morgan fingerprint density at radius 1 is 1.05 bits per heavy atom. The Morgan fingerprint density at radius 3 is 2.40 bits per heavy atom. The van der Waals surface area contributed by atoms with Gasteiger partial charge in [0, 0.05) is 81.3 Å². The summed E-state index contributed by atoms with van der Waals surface area (Å²) in [6, 6.07) is 0. The van der Waals surface area contributed by atoms with Gasteiger partial charge >= 0.3 is 5.97 Å². The number of aliphatic hydroxyl groups is 2. The molecule has 6 rings (SSSR count). The van der Waals surface area contributed by atoms with Crippen LogP contribution in [0, 0.1) is 16.7 Å². The molecule has 0 aromatic heterocycles. The van der Waals surface area contributed by atoms with Crippen LogP contribution in [0.5, 0.6) is 0 Å². The zero-order valence-corrected chi connectivity index (χ0v) is 24.4. The van der Waals surface area contributed by atoms with Crippen molar-refractivity contribution in [3.05, 3.63) is 46.4 Å². The Morgan fingerprint density at radius 2 is 1.74 bits per heavy atom. The van der Waals surface area contributed by atoms with Gasteiger partial charge in [0.15, 0.2) is 5.76 Å². The highest BCUT2D eigenvalue weighted by atomic mass is 16.6. The maximum Gasteiger partial charge on any atom is 0.340 e. The van der Waals surface area contributed by atoms with Gasteiger partial charge in [-0.2, -0.15) is 0 Å². The van der Waals surface area contributed by atoms with Crippen molar-refractivity contribution in [2.75, 3.05) is 53.0 Å². The van der Waals surface area contributed by atoms with Gasteiger partial charge in [-0.15, -0.1) is 0 Å². The normalized spacial score (nSPS) is 36.2. The number of ketones is 1. The molecule has 2 N–H and O–H groups in total. The lowest BCUT2D eigenvalue weighted by Crippen LogP contribution is -2.54. The fourth-order valence-electron chi connectivity index (χ4n) is 8.08. The molecule has 0 radical (unpaired) electrons. The van der Waals surface area contributed by atoms with Gasteiger partial charge < -0.3 is 24.6 Å². The number of aliphatic hydroxyl groups excluding tert-OH is 2. The zero-order valence-electron chi connectivity index (χ0n) is 24.4. The number of hydrogen-bond acceptors (Lipinski definition) is 10. The average Bonchev–Trinajstić information content (AvgIpc) is 3.45. The molecule has 2 saturated heterocycles. The van der Waals surface area contributed by atoms with Crippen LogP contribution in [0.15, 0.2) is 46.4 Å². The molecule has 42 heavy (non-hydrogen) atoms. The van der Waals surface area contributed by atoms with E-state index in [-0.39, 0.29) is 29.9 Å². The summed E-state index contributed by atoms with van der Waals surface area (Å²) in [5.74, 6) is -2.25. The lowest BCUT2D eigenvalue weighted by atomic mass is 9.54. The predicted octanol–water partition coefficient (Wildman–Crippen LogP) is 1.25. The van der Waals surface area contributed by atoms with Crippen LogP contribution in [0.2, 0.25) is 0 Å². The molecular formula is C31H39N3O8. The van der Waals surface area contributed by atoms with E-state index in [1.165, 1.54) is 24.2 Å². The van der Waals surface area contributed by atoms with Crippen molar-refractivity contribution in [3.8, 4) is 0 Å². The van der Waals surface area contributed by atoms with E-state index in [2.05, 4.69) is 4.90 Å². The number of esters is 1. The number of carbonyl (C=O) groups excluding carboxylic acids is 4. The number of piperazine rings is 1. The first-order chi connectivity index (χ1) is 20.0. The maximum absolute atomic E-state index is 13.9. The van der Waals surface area contributed by atoms with E-state index >= 15 is 0 Å². The lowest BCUT2D eigenvalue weighted by molar-refractivity contribution is -0.156. The Labute approximate surface area is 245 Å². The summed E-state index contributed by atoms with van der Waals surface area (Å²) in [6.07, 6.45) is 5.56. The topological polar surface area (TPSA) is 137 Å². The van der Waals surface area contributed by atoms with Crippen LogP contribution < -0.4 is 0 Å². The van der Waals surface area contributed by atoms with Crippen molar-refractivity contribution in [1.29, 1.82) is 0 Å². The first kappa shape index (κ1) is 28.8. The van der Waals surface area contributed by atoms with Gasteiger partial charge in [0.1, 0.15) is 6.10 Å². The highest BCUT2D eigenvalue weighted by Crippen LogP contribution is 2.62. The second-order valence-corrected chi connectivity index (χ2v) is 12.7. The zero-order chi connectivity index (χ0) is 30.0. The first-order valence-corrected chi connectivity index (χ1v) is 14.8. The number of methoxy groups -OCH3 is 1. The first-order valence-electron chi connectivity index (χ1n) is 14.8. The largest absolute Gasteiger partial charge is 0.504 e. The van der Waals surface area contributed by atoms with Gasteiger partial charge in [-0.25, -0.2) is 4.79 Å². The smallest absolute Gasteiger partial charge is 0.340 e. The SMILES string of the molecule is COC[C@H]1OC(=O)/C(=C/N2CCN(CCN3C(=O)C=CC3=O)CC2)C2=C(O)C(=O)C3=C(CC[C@]4(C)[C@@H](O)CC[C@@H]34)[C@]21C. The third-order valence-electron chi connectivity index (χ3n) is 10.7. The van der Waals surface area contributed by atoms with E-state index in [9.17, 15) is 29.4 Å². The van der Waals surface area contributed by atoms with E-state index in [4.69, 9.17) is 9.47 Å². The van der Waals surface area contributed by atoms with Crippen molar-refractivity contribution in [2.45, 2.75) is 51.7 Å². The van der Waals surface area contributed by atoms with Gasteiger partial charge in [0.25, 0.3) is 11.8 Å². The lowest BCUT2D eigenvalue weighted by Gasteiger charge is -2.52. The van der Waals surface area contributed by atoms with Crippen LogP contribution in [-0.2, 0) is 28.7 Å². The number of Topliss-reactive ketones (excluding diaryl/α,β-unsaturated/α-hetero) is 1. The molecule has 1 saturated carbocycles. The van der Waals surface area contributed by atoms with Crippen molar-refractivity contribution < 1.29 is 38.9 Å². The molecule has 11 heteroatoms. The standard InChI is InChI=1S/C31H39N3O8/c1-30-9-8-20-25(19(30)4-5-21(30)35)27(38)28(39)26-18(29(40)42-22(17-41-3)31(20,26)2)16-33-12-10-32(11-13-33)14-15-34-23(36)6-7-24(34)37/h6-7,16,19,21-22,35,39H,4-5,8-15,17H2,1-3H3/b18-16+/t19-,21-,22+,30-,31-/m0/s1. The monoisotopic (exact) mass is 581 g/mol. The molecule has 3 aliphatic heterocycles. The summed E-state index contributed by atoms with van der Waals surface area (Å²) < 4.78 is 11.5. The number of rotatable bonds is 6. The van der Waals surface area contributed by atoms with E-state index < -0.39 is 40.5 Å². The molecule has 5 atom stereocenters. The molecule has 0 aromatic carbocycles. The number of fused-ring (bicyclic) bond motifs is 4. The fourth-order valence-corrected chi connectivity index (χ4v) is 8.08. The molecular weight excluding hydrogens is 542 g/mol. The summed E-state index contributed by atoms with van der Waals surface area (Å²) in [5.41, 5.74) is 0.531. The Bertz CT molecular complexity index is 1340. The van der Waals surface area contributed by atoms with Gasteiger partial charge in [-0.1, -0.05) is 6.92 Å². The van der Waals surface area contributed by atoms with Crippen LogP contribution >= 0.6 is 0 Å². The van der Waals surface area contributed by atoms with Gasteiger partial charge in [-0.05, 0) is 44.1 Å². The molecule has 6 aliphatic rings. The number of nitrogens with zero attached hydrogens (tertiary/aromatic N) is 3. The Hall–Kier alpha value is -3.28. The van der Waals surface area contributed by atoms with Crippen LogP contribution in [-0.4, -0.2) is 114 Å². The quantitative estimate of drug-likeness (QED) is 0.268. The number of ether oxygens (including phenoxy) is 2. The van der Waals surface area contributed by atoms with Crippen LogP contribution in [0.1, 0.15) is 39.5 Å². The summed E-state index contributed by atoms with van der Waals surface area (Å²) in [7, 11) is 1.53. The third-order valence-corrected chi connectivity index (χ3v) is 10.7. The minimum absolute atomic E-state index is 0.109. The second kappa shape index (κ2) is 10.5. The number of imide groups is 1. The number of amides is 2. The molecule has 2 amide bonds. The van der Waals surface area contributed by atoms with Gasteiger partial charge in [0.2, 0.25) is 5.78 Å².